The number of nitrogen functional groups attached to an aromatic ring is 1. The summed E-state index contributed by atoms with van der Waals surface area (Å²) in [6.07, 6.45) is -0.101. The number of carbonyl (C=O) groups excluding carboxylic acids is 4. The van der Waals surface area contributed by atoms with Crippen molar-refractivity contribution in [3.63, 3.8) is 0 Å². The molecule has 3 heterocycles. The molecule has 1 saturated heterocycles. The van der Waals surface area contributed by atoms with Gasteiger partial charge < -0.3 is 20.1 Å². The molecule has 9 heteroatoms. The molecule has 1 unspecified atom stereocenters. The van der Waals surface area contributed by atoms with Gasteiger partial charge in [0, 0.05) is 30.4 Å². The highest BCUT2D eigenvalue weighted by molar-refractivity contribution is 6.31. The molecular weight excluding hydrogens is 390 g/mol. The van der Waals surface area contributed by atoms with E-state index in [-0.39, 0.29) is 35.7 Å². The fourth-order valence-electron chi connectivity index (χ4n) is 4.02. The molecule has 9 nitrogen and oxygen atoms in total. The molecule has 5 rings (SSSR count). The molecule has 0 aliphatic carbocycles. The number of carbonyl (C=O) groups is 4. The van der Waals surface area contributed by atoms with Crippen molar-refractivity contribution in [2.45, 2.75) is 6.42 Å². The Hall–Kier alpha value is -3.88. The van der Waals surface area contributed by atoms with Crippen LogP contribution in [-0.4, -0.2) is 48.3 Å². The lowest BCUT2D eigenvalue weighted by Crippen LogP contribution is -2.41. The maximum Gasteiger partial charge on any atom is 0.270 e. The first-order chi connectivity index (χ1) is 14.5. The van der Waals surface area contributed by atoms with Crippen molar-refractivity contribution in [2.75, 3.05) is 30.4 Å². The molecule has 0 radical (unpaired) electrons. The van der Waals surface area contributed by atoms with Gasteiger partial charge in [0.1, 0.15) is 13.2 Å². The van der Waals surface area contributed by atoms with Crippen molar-refractivity contribution in [3.8, 4) is 11.5 Å². The van der Waals surface area contributed by atoms with E-state index < -0.39 is 23.6 Å². The third-order valence-electron chi connectivity index (χ3n) is 5.48. The summed E-state index contributed by atoms with van der Waals surface area (Å²) in [4.78, 5) is 53.0. The molecular formula is C21H17N3O6. The molecule has 0 spiro atoms. The fraction of sp³-hybridized carbons (Fsp3) is 0.238. The topological polar surface area (TPSA) is 119 Å². The molecule has 0 aromatic heterocycles. The molecule has 0 bridgehead atoms. The lowest BCUT2D eigenvalue weighted by atomic mass is 10.1. The number of benzene rings is 2. The maximum atomic E-state index is 13.0. The molecule has 1 fully saturated rings. The van der Waals surface area contributed by atoms with E-state index in [0.717, 1.165) is 0 Å². The Kier molecular flexibility index (Phi) is 3.99. The summed E-state index contributed by atoms with van der Waals surface area (Å²) in [5.74, 6) is -2.14. The summed E-state index contributed by atoms with van der Waals surface area (Å²) >= 11 is 0. The van der Waals surface area contributed by atoms with Gasteiger partial charge in [0.2, 0.25) is 11.8 Å². The first-order valence-corrected chi connectivity index (χ1v) is 9.47. The number of nitrogens with two attached hydrogens (primary N) is 1. The van der Waals surface area contributed by atoms with Gasteiger partial charge in [0.15, 0.2) is 11.5 Å². The highest BCUT2D eigenvalue weighted by Gasteiger charge is 2.46. The average molecular weight is 407 g/mol. The highest BCUT2D eigenvalue weighted by Crippen LogP contribution is 2.37. The summed E-state index contributed by atoms with van der Waals surface area (Å²) in [6, 6.07) is 9.61. The quantitative estimate of drug-likeness (QED) is 0.587. The molecule has 2 N–H and O–H groups in total. The van der Waals surface area contributed by atoms with E-state index in [1.54, 1.807) is 24.3 Å². The van der Waals surface area contributed by atoms with Crippen molar-refractivity contribution in [1.82, 2.24) is 4.90 Å². The first-order valence-electron chi connectivity index (χ1n) is 9.47. The molecule has 2 aromatic rings. The number of ether oxygens (including phenoxy) is 2. The largest absolute Gasteiger partial charge is 0.486 e. The van der Waals surface area contributed by atoms with Crippen molar-refractivity contribution in [1.29, 1.82) is 0 Å². The van der Waals surface area contributed by atoms with Crippen molar-refractivity contribution in [2.24, 2.45) is 5.92 Å². The van der Waals surface area contributed by atoms with Crippen LogP contribution >= 0.6 is 0 Å². The van der Waals surface area contributed by atoms with Crippen molar-refractivity contribution >= 4 is 35.0 Å². The molecule has 3 aliphatic rings. The third kappa shape index (κ3) is 2.62. The number of amides is 4. The van der Waals surface area contributed by atoms with Gasteiger partial charge in [-0.25, -0.2) is 4.90 Å². The van der Waals surface area contributed by atoms with Gasteiger partial charge in [-0.2, -0.15) is 0 Å². The smallest absolute Gasteiger partial charge is 0.270 e. The predicted molar refractivity (Wildman–Crippen MR) is 104 cm³/mol. The SMILES string of the molecule is Nc1cccc2c1C(=O)N(C(=O)C1CC(=O)N(c3ccc4c(c3)OCCO4)C1)C2=O. The zero-order chi connectivity index (χ0) is 21.0. The Morgan fingerprint density at radius 1 is 1.00 bits per heavy atom. The lowest BCUT2D eigenvalue weighted by molar-refractivity contribution is -0.131. The van der Waals surface area contributed by atoms with Crippen LogP contribution in [-0.2, 0) is 9.59 Å². The van der Waals surface area contributed by atoms with Crippen LogP contribution in [0.4, 0.5) is 11.4 Å². The van der Waals surface area contributed by atoms with Gasteiger partial charge in [0.25, 0.3) is 11.8 Å². The Labute approximate surface area is 170 Å². The van der Waals surface area contributed by atoms with Crippen LogP contribution < -0.4 is 20.1 Å². The van der Waals surface area contributed by atoms with Gasteiger partial charge in [-0.05, 0) is 24.3 Å². The summed E-state index contributed by atoms with van der Waals surface area (Å²) < 4.78 is 11.0. The number of hydrogen-bond donors (Lipinski definition) is 1. The Bertz CT molecular complexity index is 1130. The van der Waals surface area contributed by atoms with Crippen LogP contribution in [0.3, 0.4) is 0 Å². The monoisotopic (exact) mass is 407 g/mol. The molecule has 2 aromatic carbocycles. The molecule has 4 amide bonds. The van der Waals surface area contributed by atoms with E-state index in [1.807, 2.05) is 0 Å². The molecule has 0 saturated carbocycles. The van der Waals surface area contributed by atoms with Crippen LogP contribution in [0.5, 0.6) is 11.5 Å². The minimum Gasteiger partial charge on any atom is -0.486 e. The Morgan fingerprint density at radius 2 is 1.77 bits per heavy atom. The second-order valence-corrected chi connectivity index (χ2v) is 7.29. The first kappa shape index (κ1) is 18.2. The van der Waals surface area contributed by atoms with E-state index in [0.29, 0.717) is 35.3 Å². The number of imide groups is 3. The van der Waals surface area contributed by atoms with Crippen molar-refractivity contribution < 1.29 is 28.7 Å². The summed E-state index contributed by atoms with van der Waals surface area (Å²) in [5, 5.41) is 0. The summed E-state index contributed by atoms with van der Waals surface area (Å²) in [6.45, 7) is 0.922. The van der Waals surface area contributed by atoms with E-state index in [2.05, 4.69) is 0 Å². The second kappa shape index (κ2) is 6.58. The Morgan fingerprint density at radius 3 is 2.53 bits per heavy atom. The minimum atomic E-state index is -0.825. The summed E-state index contributed by atoms with van der Waals surface area (Å²) in [5.41, 5.74) is 6.65. The van der Waals surface area contributed by atoms with E-state index in [4.69, 9.17) is 15.2 Å². The Balaban J connectivity index is 1.39. The highest BCUT2D eigenvalue weighted by atomic mass is 16.6. The number of rotatable bonds is 2. The maximum absolute atomic E-state index is 13.0. The lowest BCUT2D eigenvalue weighted by Gasteiger charge is -2.22. The van der Waals surface area contributed by atoms with Crippen molar-refractivity contribution in [3.05, 3.63) is 47.5 Å². The van der Waals surface area contributed by atoms with Gasteiger partial charge in [-0.1, -0.05) is 6.07 Å². The zero-order valence-corrected chi connectivity index (χ0v) is 15.8. The number of hydrogen-bond acceptors (Lipinski definition) is 7. The number of anilines is 2. The normalized spacial score (nSPS) is 20.0. The third-order valence-corrected chi connectivity index (χ3v) is 5.48. The average Bonchev–Trinajstić information content (AvgIpc) is 3.26. The van der Waals surface area contributed by atoms with Crippen LogP contribution in [0.25, 0.3) is 0 Å². The van der Waals surface area contributed by atoms with Crippen LogP contribution in [0.2, 0.25) is 0 Å². The van der Waals surface area contributed by atoms with E-state index in [1.165, 1.54) is 17.0 Å². The van der Waals surface area contributed by atoms with E-state index in [9.17, 15) is 19.2 Å². The van der Waals surface area contributed by atoms with Crippen LogP contribution in [0.1, 0.15) is 27.1 Å². The molecule has 1 atom stereocenters. The van der Waals surface area contributed by atoms with Crippen LogP contribution in [0.15, 0.2) is 36.4 Å². The van der Waals surface area contributed by atoms with Gasteiger partial charge >= 0.3 is 0 Å². The minimum absolute atomic E-state index is 0.0314. The second-order valence-electron chi connectivity index (χ2n) is 7.29. The number of nitrogens with zero attached hydrogens (tertiary/aromatic N) is 2. The summed E-state index contributed by atoms with van der Waals surface area (Å²) in [7, 11) is 0. The van der Waals surface area contributed by atoms with Gasteiger partial charge in [-0.15, -0.1) is 0 Å². The van der Waals surface area contributed by atoms with Gasteiger partial charge in [-0.3, -0.25) is 19.2 Å². The number of fused-ring (bicyclic) bond motifs is 2. The standard InChI is InChI=1S/C21H17N3O6/c22-14-3-1-2-13-18(14)21(28)24(20(13)27)19(26)11-8-17(25)23(10-11)12-4-5-15-16(9-12)30-7-6-29-15/h1-5,9,11H,6-8,10,22H2. The van der Waals surface area contributed by atoms with Gasteiger partial charge in [0.05, 0.1) is 17.0 Å². The molecule has 3 aliphatic heterocycles. The predicted octanol–water partition coefficient (Wildman–Crippen LogP) is 1.22. The zero-order valence-electron chi connectivity index (χ0n) is 15.8. The molecule has 152 valence electrons. The van der Waals surface area contributed by atoms with Crippen LogP contribution in [0, 0.1) is 5.92 Å². The fourth-order valence-corrected chi connectivity index (χ4v) is 4.02. The molecule has 30 heavy (non-hydrogen) atoms. The van der Waals surface area contributed by atoms with E-state index >= 15 is 0 Å².